The number of sulfonamides is 1. The van der Waals surface area contributed by atoms with E-state index < -0.39 is 16.1 Å². The summed E-state index contributed by atoms with van der Waals surface area (Å²) in [5.74, 6) is 1.09. The number of aromatic nitrogens is 2. The quantitative estimate of drug-likeness (QED) is 0.470. The Kier molecular flexibility index (Phi) is 8.02. The van der Waals surface area contributed by atoms with Crippen LogP contribution in [-0.2, 0) is 21.9 Å². The molecule has 1 atom stereocenters. The molecule has 1 aromatic heterocycles. The summed E-state index contributed by atoms with van der Waals surface area (Å²) in [6.45, 7) is 9.49. The van der Waals surface area contributed by atoms with E-state index in [0.717, 1.165) is 33.4 Å². The van der Waals surface area contributed by atoms with Crippen molar-refractivity contribution in [3.63, 3.8) is 0 Å². The van der Waals surface area contributed by atoms with Crippen LogP contribution in [0.5, 0.6) is 5.75 Å². The summed E-state index contributed by atoms with van der Waals surface area (Å²) in [6, 6.07) is 6.89. The van der Waals surface area contributed by atoms with Crippen molar-refractivity contribution in [2.45, 2.75) is 52.0 Å². The molecule has 1 unspecified atom stereocenters. The minimum Gasteiger partial charge on any atom is -0.497 e. The van der Waals surface area contributed by atoms with Gasteiger partial charge in [0, 0.05) is 32.4 Å². The van der Waals surface area contributed by atoms with Gasteiger partial charge >= 0.3 is 0 Å². The lowest BCUT2D eigenvalue weighted by atomic mass is 9.95. The van der Waals surface area contributed by atoms with E-state index in [0.29, 0.717) is 16.5 Å². The van der Waals surface area contributed by atoms with Gasteiger partial charge in [-0.3, -0.25) is 4.79 Å². The third kappa shape index (κ3) is 5.57. The minimum atomic E-state index is -3.78. The molecule has 0 saturated carbocycles. The van der Waals surface area contributed by atoms with Gasteiger partial charge < -0.3 is 14.6 Å². The predicted molar refractivity (Wildman–Crippen MR) is 136 cm³/mol. The Hall–Kier alpha value is -3.17. The molecule has 0 radical (unpaired) electrons. The molecular weight excluding hydrogens is 464 g/mol. The highest BCUT2D eigenvalue weighted by Crippen LogP contribution is 2.29. The molecule has 0 saturated heterocycles. The summed E-state index contributed by atoms with van der Waals surface area (Å²) in [5, 5.41) is 2.99. The zero-order chi connectivity index (χ0) is 25.9. The van der Waals surface area contributed by atoms with Crippen molar-refractivity contribution >= 4 is 15.9 Å². The Labute approximate surface area is 207 Å². The second-order valence-electron chi connectivity index (χ2n) is 8.77. The van der Waals surface area contributed by atoms with Gasteiger partial charge in [0.1, 0.15) is 17.6 Å². The first-order valence-electron chi connectivity index (χ1n) is 11.4. The van der Waals surface area contributed by atoms with E-state index in [1.807, 2.05) is 76.7 Å². The average Bonchev–Trinajstić information content (AvgIpc) is 3.25. The number of hydrogen-bond donors (Lipinski definition) is 2. The molecule has 35 heavy (non-hydrogen) atoms. The molecule has 2 aromatic carbocycles. The summed E-state index contributed by atoms with van der Waals surface area (Å²) >= 11 is 0. The van der Waals surface area contributed by atoms with Crippen molar-refractivity contribution < 1.29 is 17.9 Å². The molecule has 0 aliphatic heterocycles. The smallest absolute Gasteiger partial charge is 0.241 e. The Morgan fingerprint density at radius 3 is 2.09 bits per heavy atom. The van der Waals surface area contributed by atoms with Crippen molar-refractivity contribution in [2.24, 2.45) is 7.05 Å². The van der Waals surface area contributed by atoms with Gasteiger partial charge in [-0.2, -0.15) is 0 Å². The largest absolute Gasteiger partial charge is 0.497 e. The molecule has 0 spiro atoms. The number of methoxy groups -OCH3 is 1. The van der Waals surface area contributed by atoms with Crippen LogP contribution in [0.3, 0.4) is 0 Å². The molecule has 0 bridgehead atoms. The molecule has 0 fully saturated rings. The van der Waals surface area contributed by atoms with E-state index in [9.17, 15) is 13.2 Å². The summed E-state index contributed by atoms with van der Waals surface area (Å²) in [7, 11) is -0.328. The number of hydrogen-bond acceptors (Lipinski definition) is 5. The van der Waals surface area contributed by atoms with Crippen LogP contribution in [0.15, 0.2) is 41.6 Å². The third-order valence-electron chi connectivity index (χ3n) is 6.72. The first-order chi connectivity index (χ1) is 16.5. The lowest BCUT2D eigenvalue weighted by Gasteiger charge is -2.20. The van der Waals surface area contributed by atoms with Gasteiger partial charge in [0.25, 0.3) is 0 Å². The van der Waals surface area contributed by atoms with Gasteiger partial charge in [-0.25, -0.2) is 18.1 Å². The Balaban J connectivity index is 1.74. The lowest BCUT2D eigenvalue weighted by Crippen LogP contribution is -2.34. The van der Waals surface area contributed by atoms with E-state index >= 15 is 0 Å². The zero-order valence-electron chi connectivity index (χ0n) is 21.4. The average molecular weight is 499 g/mol. The van der Waals surface area contributed by atoms with Crippen molar-refractivity contribution in [3.05, 3.63) is 75.9 Å². The molecule has 1 amide bonds. The van der Waals surface area contributed by atoms with E-state index in [-0.39, 0.29) is 18.9 Å². The maximum Gasteiger partial charge on any atom is 0.241 e. The molecule has 9 heteroatoms. The molecule has 1 heterocycles. The molecule has 3 rings (SSSR count). The number of nitrogens with zero attached hydrogens (tertiary/aromatic N) is 2. The second-order valence-corrected chi connectivity index (χ2v) is 10.5. The minimum absolute atomic E-state index is 0.0156. The summed E-state index contributed by atoms with van der Waals surface area (Å²) in [4.78, 5) is 17.5. The third-order valence-corrected chi connectivity index (χ3v) is 8.45. The number of amides is 1. The summed E-state index contributed by atoms with van der Waals surface area (Å²) in [6.07, 6.45) is 3.46. The highest BCUT2D eigenvalue weighted by Gasteiger charge is 2.25. The number of rotatable bonds is 9. The first-order valence-corrected chi connectivity index (χ1v) is 12.9. The predicted octanol–water partition coefficient (Wildman–Crippen LogP) is 3.55. The van der Waals surface area contributed by atoms with Gasteiger partial charge in [-0.05, 0) is 80.1 Å². The Bertz CT molecular complexity index is 1300. The maximum atomic E-state index is 13.1. The molecule has 3 aromatic rings. The van der Waals surface area contributed by atoms with E-state index in [1.54, 1.807) is 13.3 Å². The van der Waals surface area contributed by atoms with Crippen molar-refractivity contribution in [2.75, 3.05) is 13.7 Å². The number of carbonyl (C=O) groups is 1. The fourth-order valence-corrected chi connectivity index (χ4v) is 5.85. The van der Waals surface area contributed by atoms with Crippen LogP contribution < -0.4 is 14.8 Å². The highest BCUT2D eigenvalue weighted by molar-refractivity contribution is 7.89. The van der Waals surface area contributed by atoms with Gasteiger partial charge in [-0.1, -0.05) is 12.1 Å². The van der Waals surface area contributed by atoms with Gasteiger partial charge in [-0.15, -0.1) is 0 Å². The zero-order valence-corrected chi connectivity index (χ0v) is 22.2. The molecule has 188 valence electrons. The van der Waals surface area contributed by atoms with Gasteiger partial charge in [0.05, 0.1) is 12.0 Å². The monoisotopic (exact) mass is 498 g/mol. The van der Waals surface area contributed by atoms with E-state index in [1.165, 1.54) is 0 Å². The molecule has 2 N–H and O–H groups in total. The van der Waals surface area contributed by atoms with Gasteiger partial charge in [0.2, 0.25) is 15.9 Å². The number of benzene rings is 2. The van der Waals surface area contributed by atoms with E-state index in [4.69, 9.17) is 4.74 Å². The molecule has 8 nitrogen and oxygen atoms in total. The molecule has 0 aliphatic carbocycles. The van der Waals surface area contributed by atoms with Crippen LogP contribution in [0, 0.1) is 34.6 Å². The van der Waals surface area contributed by atoms with Crippen molar-refractivity contribution in [1.29, 1.82) is 0 Å². The number of ether oxygens (including phenoxy) is 1. The van der Waals surface area contributed by atoms with Crippen LogP contribution in [0.4, 0.5) is 0 Å². The fourth-order valence-electron chi connectivity index (χ4n) is 4.22. The van der Waals surface area contributed by atoms with Crippen LogP contribution >= 0.6 is 0 Å². The number of imidazole rings is 1. The lowest BCUT2D eigenvalue weighted by molar-refractivity contribution is -0.121. The van der Waals surface area contributed by atoms with Crippen LogP contribution in [0.25, 0.3) is 0 Å². The number of nitrogens with one attached hydrogen (secondary N) is 2. The van der Waals surface area contributed by atoms with Crippen molar-refractivity contribution in [3.8, 4) is 5.75 Å². The molecular formula is C26H34N4O4S. The van der Waals surface area contributed by atoms with Crippen molar-refractivity contribution in [1.82, 2.24) is 19.6 Å². The Morgan fingerprint density at radius 1 is 1.00 bits per heavy atom. The second kappa shape index (κ2) is 10.6. The SMILES string of the molecule is COc1ccc(C(NC(=O)CCNS(=O)(=O)c2c(C)c(C)c(C)c(C)c2C)c2nccn2C)cc1. The highest BCUT2D eigenvalue weighted by atomic mass is 32.2. The molecule has 0 aliphatic rings. The van der Waals surface area contributed by atoms with Crippen LogP contribution in [-0.4, -0.2) is 37.5 Å². The normalized spacial score (nSPS) is 12.4. The Morgan fingerprint density at radius 2 is 1.57 bits per heavy atom. The van der Waals surface area contributed by atoms with E-state index in [2.05, 4.69) is 15.0 Å². The topological polar surface area (TPSA) is 102 Å². The maximum absolute atomic E-state index is 13.1. The van der Waals surface area contributed by atoms with Gasteiger partial charge in [0.15, 0.2) is 0 Å². The first kappa shape index (κ1) is 26.4. The number of carbonyl (C=O) groups excluding carboxylic acids is 1. The van der Waals surface area contributed by atoms with Crippen LogP contribution in [0.2, 0.25) is 0 Å². The fraction of sp³-hybridized carbons (Fsp3) is 0.385. The van der Waals surface area contributed by atoms with Crippen LogP contribution in [0.1, 0.15) is 51.7 Å². The summed E-state index contributed by atoms with van der Waals surface area (Å²) in [5.41, 5.74) is 5.32. The number of aryl methyl sites for hydroxylation is 1. The summed E-state index contributed by atoms with van der Waals surface area (Å²) < 4.78 is 36.0. The standard InChI is InChI=1S/C26H34N4O4S/c1-16-17(2)19(4)25(20(5)18(16)3)35(32,33)28-13-12-23(31)29-24(26-27-14-15-30(26)6)21-8-10-22(34-7)11-9-21/h8-11,14-15,24,28H,12-13H2,1-7H3,(H,29,31).